The zero-order valence-corrected chi connectivity index (χ0v) is 11.5. The maximum Gasteiger partial charge on any atom is 0.417 e. The van der Waals surface area contributed by atoms with Crippen molar-refractivity contribution in [1.82, 2.24) is 0 Å². The van der Waals surface area contributed by atoms with Crippen molar-refractivity contribution in [1.29, 1.82) is 0 Å². The Bertz CT molecular complexity index is 565. The molecule has 0 radical (unpaired) electrons. The van der Waals surface area contributed by atoms with Crippen molar-refractivity contribution < 1.29 is 26.4 Å². The zero-order chi connectivity index (χ0) is 14.7. The van der Waals surface area contributed by atoms with E-state index in [1.807, 2.05) is 0 Å². The largest absolute Gasteiger partial charge is 0.417 e. The van der Waals surface area contributed by atoms with Gasteiger partial charge in [-0.25, -0.2) is 8.42 Å². The van der Waals surface area contributed by atoms with Crippen molar-refractivity contribution in [2.75, 3.05) is 17.8 Å². The van der Waals surface area contributed by atoms with Crippen molar-refractivity contribution in [3.05, 3.63) is 29.3 Å². The SMILES string of the molecule is CS(=O)(=O)CCSc1ccc(C=O)cc1C(F)(F)F. The molecule has 3 nitrogen and oxygen atoms in total. The van der Waals surface area contributed by atoms with Crippen LogP contribution in [0.15, 0.2) is 23.1 Å². The first-order chi connectivity index (χ1) is 8.63. The summed E-state index contributed by atoms with van der Waals surface area (Å²) < 4.78 is 60.2. The third kappa shape index (κ3) is 5.23. The van der Waals surface area contributed by atoms with Crippen LogP contribution in [0.4, 0.5) is 13.2 Å². The molecule has 0 aliphatic heterocycles. The summed E-state index contributed by atoms with van der Waals surface area (Å²) in [7, 11) is -3.21. The number of thioether (sulfide) groups is 1. The molecule has 19 heavy (non-hydrogen) atoms. The van der Waals surface area contributed by atoms with Gasteiger partial charge in [0.1, 0.15) is 16.1 Å². The number of aldehydes is 1. The van der Waals surface area contributed by atoms with Crippen molar-refractivity contribution in [3.63, 3.8) is 0 Å². The number of alkyl halides is 3. The fourth-order valence-corrected chi connectivity index (χ4v) is 3.53. The highest BCUT2D eigenvalue weighted by Crippen LogP contribution is 2.37. The van der Waals surface area contributed by atoms with E-state index in [0.717, 1.165) is 24.1 Å². The van der Waals surface area contributed by atoms with Gasteiger partial charge in [0.2, 0.25) is 0 Å². The summed E-state index contributed by atoms with van der Waals surface area (Å²) in [6, 6.07) is 3.21. The maximum atomic E-state index is 12.8. The Morgan fingerprint density at radius 2 is 1.95 bits per heavy atom. The Kier molecular flexibility index (Phi) is 5.03. The van der Waals surface area contributed by atoms with Crippen LogP contribution in [-0.2, 0) is 16.0 Å². The summed E-state index contributed by atoms with van der Waals surface area (Å²) in [5.41, 5.74) is -0.990. The average Bonchev–Trinajstić information content (AvgIpc) is 2.26. The van der Waals surface area contributed by atoms with Gasteiger partial charge < -0.3 is 0 Å². The molecular weight excluding hydrogens is 301 g/mol. The first kappa shape index (κ1) is 16.0. The van der Waals surface area contributed by atoms with E-state index in [9.17, 15) is 26.4 Å². The third-order valence-corrected chi connectivity index (χ3v) is 4.44. The Labute approximate surface area is 113 Å². The number of carbonyl (C=O) groups is 1. The monoisotopic (exact) mass is 312 g/mol. The molecule has 0 aliphatic carbocycles. The third-order valence-electron chi connectivity index (χ3n) is 2.16. The van der Waals surface area contributed by atoms with Gasteiger partial charge in [0.05, 0.1) is 11.3 Å². The van der Waals surface area contributed by atoms with Crippen molar-refractivity contribution in [3.8, 4) is 0 Å². The van der Waals surface area contributed by atoms with Gasteiger partial charge in [-0.1, -0.05) is 6.07 Å². The molecule has 0 spiro atoms. The number of hydrogen-bond acceptors (Lipinski definition) is 4. The van der Waals surface area contributed by atoms with E-state index in [4.69, 9.17) is 0 Å². The van der Waals surface area contributed by atoms with Crippen molar-refractivity contribution >= 4 is 27.9 Å². The number of sulfone groups is 1. The molecule has 0 atom stereocenters. The van der Waals surface area contributed by atoms with Gasteiger partial charge in [-0.05, 0) is 12.1 Å². The lowest BCUT2D eigenvalue weighted by molar-refractivity contribution is -0.139. The van der Waals surface area contributed by atoms with Gasteiger partial charge in [0.25, 0.3) is 0 Å². The first-order valence-electron chi connectivity index (χ1n) is 5.10. The Balaban J connectivity index is 2.97. The molecule has 0 saturated carbocycles. The quantitative estimate of drug-likeness (QED) is 0.619. The van der Waals surface area contributed by atoms with E-state index >= 15 is 0 Å². The van der Waals surface area contributed by atoms with Gasteiger partial charge in [0.15, 0.2) is 0 Å². The van der Waals surface area contributed by atoms with Gasteiger partial charge in [-0.15, -0.1) is 11.8 Å². The Hall–Kier alpha value is -1.02. The van der Waals surface area contributed by atoms with Crippen molar-refractivity contribution in [2.45, 2.75) is 11.1 Å². The van der Waals surface area contributed by atoms with Gasteiger partial charge in [-0.3, -0.25) is 4.79 Å². The Morgan fingerprint density at radius 3 is 2.42 bits per heavy atom. The standard InChI is InChI=1S/C11H11F3O3S2/c1-19(16,17)5-4-18-10-3-2-8(7-15)6-9(10)11(12,13)14/h2-3,6-7H,4-5H2,1H3. The predicted octanol–water partition coefficient (Wildman–Crippen LogP) is 2.65. The predicted molar refractivity (Wildman–Crippen MR) is 67.3 cm³/mol. The van der Waals surface area contributed by atoms with Crippen LogP contribution in [0, 0.1) is 0 Å². The molecule has 0 bridgehead atoms. The van der Waals surface area contributed by atoms with Crippen LogP contribution in [0.1, 0.15) is 15.9 Å². The number of carbonyl (C=O) groups excluding carboxylic acids is 1. The second-order valence-corrected chi connectivity index (χ2v) is 7.25. The molecule has 0 N–H and O–H groups in total. The van der Waals surface area contributed by atoms with Gasteiger partial charge in [-0.2, -0.15) is 13.2 Å². The first-order valence-corrected chi connectivity index (χ1v) is 8.15. The molecule has 0 saturated heterocycles. The molecule has 0 fully saturated rings. The fourth-order valence-electron chi connectivity index (χ4n) is 1.27. The molecule has 1 aromatic rings. The van der Waals surface area contributed by atoms with Crippen LogP contribution in [0.2, 0.25) is 0 Å². The molecule has 106 valence electrons. The lowest BCUT2D eigenvalue weighted by Gasteiger charge is -2.12. The summed E-state index contributed by atoms with van der Waals surface area (Å²) in [4.78, 5) is 10.4. The molecular formula is C11H11F3O3S2. The van der Waals surface area contributed by atoms with E-state index in [0.29, 0.717) is 6.29 Å². The minimum absolute atomic E-state index is 0.0301. The second-order valence-electron chi connectivity index (χ2n) is 3.85. The molecule has 8 heteroatoms. The van der Waals surface area contributed by atoms with Crippen molar-refractivity contribution in [2.24, 2.45) is 0 Å². The lowest BCUT2D eigenvalue weighted by atomic mass is 10.1. The zero-order valence-electron chi connectivity index (χ0n) is 9.90. The smallest absolute Gasteiger partial charge is 0.298 e. The molecule has 0 heterocycles. The maximum absolute atomic E-state index is 12.8. The molecule has 0 unspecified atom stereocenters. The van der Waals surface area contributed by atoms with E-state index in [1.165, 1.54) is 12.1 Å². The fraction of sp³-hybridized carbons (Fsp3) is 0.364. The highest BCUT2D eigenvalue weighted by Gasteiger charge is 2.33. The minimum Gasteiger partial charge on any atom is -0.298 e. The van der Waals surface area contributed by atoms with E-state index in [-0.39, 0.29) is 22.0 Å². The molecule has 1 rings (SSSR count). The molecule has 0 aliphatic rings. The van der Waals surface area contributed by atoms with E-state index in [1.54, 1.807) is 0 Å². The van der Waals surface area contributed by atoms with Crippen LogP contribution in [0.5, 0.6) is 0 Å². The van der Waals surface area contributed by atoms with E-state index < -0.39 is 21.6 Å². The second kappa shape index (κ2) is 5.96. The summed E-state index contributed by atoms with van der Waals surface area (Å²) in [6.07, 6.45) is -3.22. The Morgan fingerprint density at radius 1 is 1.32 bits per heavy atom. The minimum atomic E-state index is -4.58. The van der Waals surface area contributed by atoms with Crippen LogP contribution in [-0.4, -0.2) is 32.5 Å². The number of hydrogen-bond donors (Lipinski definition) is 0. The summed E-state index contributed by atoms with van der Waals surface area (Å²) in [5, 5.41) is 0. The van der Waals surface area contributed by atoms with Gasteiger partial charge in [0, 0.05) is 22.5 Å². The average molecular weight is 312 g/mol. The van der Waals surface area contributed by atoms with Crippen LogP contribution in [0.3, 0.4) is 0 Å². The van der Waals surface area contributed by atoms with Gasteiger partial charge >= 0.3 is 6.18 Å². The summed E-state index contributed by atoms with van der Waals surface area (Å²) in [5.74, 6) is -0.174. The molecule has 0 amide bonds. The van der Waals surface area contributed by atoms with Crippen LogP contribution in [0.25, 0.3) is 0 Å². The van der Waals surface area contributed by atoms with E-state index in [2.05, 4.69) is 0 Å². The topological polar surface area (TPSA) is 51.2 Å². The molecule has 1 aromatic carbocycles. The van der Waals surface area contributed by atoms with Crippen LogP contribution >= 0.6 is 11.8 Å². The lowest BCUT2D eigenvalue weighted by Crippen LogP contribution is -2.09. The highest BCUT2D eigenvalue weighted by atomic mass is 32.2. The highest BCUT2D eigenvalue weighted by molar-refractivity contribution is 8.00. The summed E-state index contributed by atoms with van der Waals surface area (Å²) >= 11 is 0.805. The number of benzene rings is 1. The molecule has 0 aromatic heterocycles. The summed E-state index contributed by atoms with van der Waals surface area (Å²) in [6.45, 7) is 0. The normalized spacial score (nSPS) is 12.4. The number of halogens is 3. The van der Waals surface area contributed by atoms with Crippen LogP contribution < -0.4 is 0 Å². The number of rotatable bonds is 5.